The fourth-order valence-corrected chi connectivity index (χ4v) is 5.63. The van der Waals surface area contributed by atoms with Crippen LogP contribution in [0.3, 0.4) is 0 Å². The van der Waals surface area contributed by atoms with Gasteiger partial charge in [0.05, 0.1) is 0 Å². The molecule has 0 N–H and O–H groups in total. The molecule has 1 nitrogen and oxygen atoms in total. The van der Waals surface area contributed by atoms with Gasteiger partial charge in [-0.25, -0.2) is 0 Å². The highest BCUT2D eigenvalue weighted by Gasteiger charge is 2.34. The molecule has 1 heterocycles. The van der Waals surface area contributed by atoms with E-state index >= 15 is 0 Å². The largest absolute Gasteiger partial charge is 0.300 e. The maximum atomic E-state index is 2.80. The van der Waals surface area contributed by atoms with Crippen molar-refractivity contribution < 1.29 is 0 Å². The summed E-state index contributed by atoms with van der Waals surface area (Å²) in [5.41, 5.74) is 5.89. The minimum Gasteiger partial charge on any atom is -0.300 e. The molecule has 2 fully saturated rings. The SMILES string of the molecule is C1=Cc2ccccc2C(C2CCN(C3CCCC3)CC2)c2ccccc21. The molecule has 26 heavy (non-hydrogen) atoms. The average molecular weight is 344 g/mol. The van der Waals surface area contributed by atoms with Gasteiger partial charge in [0.2, 0.25) is 0 Å². The highest BCUT2D eigenvalue weighted by atomic mass is 15.2. The lowest BCUT2D eigenvalue weighted by molar-refractivity contribution is 0.128. The number of piperidine rings is 1. The van der Waals surface area contributed by atoms with Crippen molar-refractivity contribution in [2.75, 3.05) is 13.1 Å². The molecule has 0 atom stereocenters. The second kappa shape index (κ2) is 7.04. The number of fused-ring (bicyclic) bond motifs is 2. The monoisotopic (exact) mass is 343 g/mol. The van der Waals surface area contributed by atoms with Gasteiger partial charge in [0.1, 0.15) is 0 Å². The summed E-state index contributed by atoms with van der Waals surface area (Å²) in [6.07, 6.45) is 13.1. The Morgan fingerprint density at radius 2 is 1.19 bits per heavy atom. The molecule has 2 aromatic carbocycles. The third kappa shape index (κ3) is 2.93. The summed E-state index contributed by atoms with van der Waals surface area (Å²) in [7, 11) is 0. The molecule has 134 valence electrons. The lowest BCUT2D eigenvalue weighted by atomic mass is 9.74. The molecule has 1 saturated carbocycles. The normalized spacial score (nSPS) is 22.2. The van der Waals surface area contributed by atoms with Crippen LogP contribution in [0.4, 0.5) is 0 Å². The van der Waals surface area contributed by atoms with Crippen molar-refractivity contribution in [2.24, 2.45) is 5.92 Å². The standard InChI is InChI=1S/C25H29N/c1-5-11-23-19(7-1)13-14-20-8-2-6-12-24(20)25(23)21-15-17-26(18-16-21)22-9-3-4-10-22/h1-2,5-8,11-14,21-22,25H,3-4,9-10,15-18H2. The van der Waals surface area contributed by atoms with Gasteiger partial charge in [-0.1, -0.05) is 73.5 Å². The first kappa shape index (κ1) is 16.3. The van der Waals surface area contributed by atoms with Crippen molar-refractivity contribution in [3.8, 4) is 0 Å². The van der Waals surface area contributed by atoms with Crippen LogP contribution in [0.2, 0.25) is 0 Å². The Labute approximate surface area is 157 Å². The number of likely N-dealkylation sites (tertiary alicyclic amines) is 1. The molecule has 0 amide bonds. The fraction of sp³-hybridized carbons (Fsp3) is 0.440. The Morgan fingerprint density at radius 1 is 0.654 bits per heavy atom. The molecule has 1 heteroatoms. The van der Waals surface area contributed by atoms with Crippen molar-refractivity contribution >= 4 is 12.2 Å². The smallest absolute Gasteiger partial charge is 0.0130 e. The highest BCUT2D eigenvalue weighted by molar-refractivity contribution is 5.76. The molecule has 1 saturated heterocycles. The summed E-state index contributed by atoms with van der Waals surface area (Å²) in [4.78, 5) is 2.80. The van der Waals surface area contributed by atoms with Crippen molar-refractivity contribution in [1.82, 2.24) is 4.90 Å². The van der Waals surface area contributed by atoms with Crippen LogP contribution in [-0.4, -0.2) is 24.0 Å². The first-order valence-electron chi connectivity index (χ1n) is 10.5. The Kier molecular flexibility index (Phi) is 4.42. The molecule has 0 bridgehead atoms. The van der Waals surface area contributed by atoms with Gasteiger partial charge in [0, 0.05) is 12.0 Å². The number of hydrogen-bond acceptors (Lipinski definition) is 1. The van der Waals surface area contributed by atoms with Gasteiger partial charge in [-0.3, -0.25) is 0 Å². The zero-order valence-electron chi connectivity index (χ0n) is 15.6. The van der Waals surface area contributed by atoms with E-state index in [-0.39, 0.29) is 0 Å². The molecule has 0 unspecified atom stereocenters. The van der Waals surface area contributed by atoms with Gasteiger partial charge in [0.15, 0.2) is 0 Å². The maximum Gasteiger partial charge on any atom is 0.0130 e. The highest BCUT2D eigenvalue weighted by Crippen LogP contribution is 2.43. The van der Waals surface area contributed by atoms with Crippen LogP contribution < -0.4 is 0 Å². The van der Waals surface area contributed by atoms with Crippen LogP contribution in [0.1, 0.15) is 66.7 Å². The second-order valence-corrected chi connectivity index (χ2v) is 8.38. The van der Waals surface area contributed by atoms with Crippen molar-refractivity contribution in [2.45, 2.75) is 50.5 Å². The molecule has 0 radical (unpaired) electrons. The van der Waals surface area contributed by atoms with Crippen LogP contribution in [0.5, 0.6) is 0 Å². The third-order valence-corrected chi connectivity index (χ3v) is 6.99. The van der Waals surface area contributed by atoms with Crippen LogP contribution in [-0.2, 0) is 0 Å². The molecule has 2 aliphatic carbocycles. The summed E-state index contributed by atoms with van der Waals surface area (Å²) in [6.45, 7) is 2.59. The first-order chi connectivity index (χ1) is 12.9. The predicted molar refractivity (Wildman–Crippen MR) is 110 cm³/mol. The van der Waals surface area contributed by atoms with Crippen molar-refractivity contribution in [1.29, 1.82) is 0 Å². The molecule has 0 spiro atoms. The zero-order valence-corrected chi connectivity index (χ0v) is 15.6. The molecular formula is C25H29N. The third-order valence-electron chi connectivity index (χ3n) is 6.99. The second-order valence-electron chi connectivity index (χ2n) is 8.38. The Bertz CT molecular complexity index is 742. The summed E-state index contributed by atoms with van der Waals surface area (Å²) in [5, 5.41) is 0. The van der Waals surface area contributed by atoms with Crippen LogP contribution in [0, 0.1) is 5.92 Å². The average Bonchev–Trinajstić information content (AvgIpc) is 3.18. The van der Waals surface area contributed by atoms with Gasteiger partial charge in [-0.15, -0.1) is 0 Å². The van der Waals surface area contributed by atoms with Crippen LogP contribution in [0.25, 0.3) is 12.2 Å². The van der Waals surface area contributed by atoms with E-state index in [2.05, 4.69) is 65.6 Å². The minimum absolute atomic E-state index is 0.545. The summed E-state index contributed by atoms with van der Waals surface area (Å²) >= 11 is 0. The first-order valence-corrected chi connectivity index (χ1v) is 10.5. The number of benzene rings is 2. The Morgan fingerprint density at radius 3 is 1.77 bits per heavy atom. The van der Waals surface area contributed by atoms with Gasteiger partial charge >= 0.3 is 0 Å². The predicted octanol–water partition coefficient (Wildman–Crippen LogP) is 5.96. The van der Waals surface area contributed by atoms with Crippen LogP contribution in [0.15, 0.2) is 48.5 Å². The van der Waals surface area contributed by atoms with E-state index in [9.17, 15) is 0 Å². The molecule has 0 aromatic heterocycles. The quantitative estimate of drug-likeness (QED) is 0.650. The lowest BCUT2D eigenvalue weighted by Crippen LogP contribution is -2.41. The summed E-state index contributed by atoms with van der Waals surface area (Å²) < 4.78 is 0. The van der Waals surface area contributed by atoms with Gasteiger partial charge in [-0.2, -0.15) is 0 Å². The number of nitrogens with zero attached hydrogens (tertiary/aromatic N) is 1. The Balaban J connectivity index is 1.46. The Hall–Kier alpha value is -1.86. The van der Waals surface area contributed by atoms with E-state index in [1.807, 2.05) is 0 Å². The van der Waals surface area contributed by atoms with Gasteiger partial charge < -0.3 is 4.90 Å². The maximum absolute atomic E-state index is 2.80. The molecular weight excluding hydrogens is 314 g/mol. The van der Waals surface area contributed by atoms with Crippen LogP contribution >= 0.6 is 0 Å². The van der Waals surface area contributed by atoms with Crippen molar-refractivity contribution in [3.63, 3.8) is 0 Å². The lowest BCUT2D eigenvalue weighted by Gasteiger charge is -2.39. The fourth-order valence-electron chi connectivity index (χ4n) is 5.63. The van der Waals surface area contributed by atoms with Gasteiger partial charge in [0.25, 0.3) is 0 Å². The molecule has 2 aromatic rings. The van der Waals surface area contributed by atoms with E-state index in [1.54, 1.807) is 0 Å². The molecule has 1 aliphatic heterocycles. The number of hydrogen-bond donors (Lipinski definition) is 0. The van der Waals surface area contributed by atoms with E-state index in [0.29, 0.717) is 5.92 Å². The van der Waals surface area contributed by atoms with Crippen molar-refractivity contribution in [3.05, 3.63) is 70.8 Å². The number of rotatable bonds is 2. The topological polar surface area (TPSA) is 3.24 Å². The minimum atomic E-state index is 0.545. The van der Waals surface area contributed by atoms with E-state index in [1.165, 1.54) is 73.9 Å². The van der Waals surface area contributed by atoms with E-state index < -0.39 is 0 Å². The summed E-state index contributed by atoms with van der Waals surface area (Å²) in [5.74, 6) is 1.30. The van der Waals surface area contributed by atoms with Gasteiger partial charge in [-0.05, 0) is 66.9 Å². The van der Waals surface area contributed by atoms with E-state index in [0.717, 1.165) is 12.0 Å². The molecule has 5 rings (SSSR count). The van der Waals surface area contributed by atoms with E-state index in [4.69, 9.17) is 0 Å². The molecule has 3 aliphatic rings. The zero-order chi connectivity index (χ0) is 17.3. The summed E-state index contributed by atoms with van der Waals surface area (Å²) in [6, 6.07) is 19.0.